The van der Waals surface area contributed by atoms with Gasteiger partial charge in [-0.05, 0) is 62.1 Å². The van der Waals surface area contributed by atoms with E-state index in [0.717, 1.165) is 19.3 Å². The first kappa shape index (κ1) is 26.3. The Balaban J connectivity index is 1.41. The highest BCUT2D eigenvalue weighted by Gasteiger charge is 2.24. The van der Waals surface area contributed by atoms with Crippen LogP contribution >= 0.6 is 0 Å². The van der Waals surface area contributed by atoms with Gasteiger partial charge in [-0.2, -0.15) is 4.98 Å². The summed E-state index contributed by atoms with van der Waals surface area (Å²) < 4.78 is 5.83. The van der Waals surface area contributed by atoms with E-state index in [-0.39, 0.29) is 29.6 Å². The molecular formula is C27H29N7O4. The van der Waals surface area contributed by atoms with Gasteiger partial charge >= 0.3 is 0 Å². The highest BCUT2D eigenvalue weighted by molar-refractivity contribution is 5.92. The summed E-state index contributed by atoms with van der Waals surface area (Å²) in [6.45, 7) is 3.50. The number of carbonyl (C=O) groups excluding carboxylic acids is 3. The Morgan fingerprint density at radius 2 is 1.87 bits per heavy atom. The van der Waals surface area contributed by atoms with E-state index in [1.165, 1.54) is 25.5 Å². The topological polar surface area (TPSA) is 147 Å². The summed E-state index contributed by atoms with van der Waals surface area (Å²) in [6.07, 6.45) is 8.40. The fourth-order valence-corrected chi connectivity index (χ4v) is 4.16. The number of rotatable bonds is 10. The van der Waals surface area contributed by atoms with E-state index in [2.05, 4.69) is 42.8 Å². The molecule has 196 valence electrons. The molecule has 11 heteroatoms. The van der Waals surface area contributed by atoms with Crippen LogP contribution in [0.2, 0.25) is 0 Å². The summed E-state index contributed by atoms with van der Waals surface area (Å²) in [5.41, 5.74) is 1.33. The van der Waals surface area contributed by atoms with E-state index in [0.29, 0.717) is 47.2 Å². The number of benzene rings is 1. The molecule has 0 bridgehead atoms. The first-order valence-corrected chi connectivity index (χ1v) is 12.2. The maximum absolute atomic E-state index is 11.8. The lowest BCUT2D eigenvalue weighted by Crippen LogP contribution is -2.41. The molecule has 1 aliphatic rings. The van der Waals surface area contributed by atoms with Crippen molar-refractivity contribution in [1.29, 1.82) is 0 Å². The monoisotopic (exact) mass is 515 g/mol. The molecule has 0 saturated heterocycles. The zero-order chi connectivity index (χ0) is 26.9. The molecule has 11 nitrogen and oxygen atoms in total. The van der Waals surface area contributed by atoms with Crippen LogP contribution in [-0.2, 0) is 4.79 Å². The lowest BCUT2D eigenvalue weighted by atomic mass is 9.91. The van der Waals surface area contributed by atoms with Gasteiger partial charge in [0.05, 0.1) is 5.56 Å². The van der Waals surface area contributed by atoms with Crippen molar-refractivity contribution in [2.24, 2.45) is 0 Å². The van der Waals surface area contributed by atoms with Gasteiger partial charge in [0.25, 0.3) is 5.91 Å². The van der Waals surface area contributed by atoms with Crippen LogP contribution in [0.1, 0.15) is 46.5 Å². The minimum atomic E-state index is -0.299. The molecule has 1 fully saturated rings. The number of pyridine rings is 1. The van der Waals surface area contributed by atoms with E-state index in [9.17, 15) is 14.4 Å². The maximum atomic E-state index is 11.8. The zero-order valence-corrected chi connectivity index (χ0v) is 20.9. The van der Waals surface area contributed by atoms with Gasteiger partial charge in [-0.15, -0.1) is 0 Å². The van der Waals surface area contributed by atoms with Crippen molar-refractivity contribution in [1.82, 2.24) is 25.6 Å². The Morgan fingerprint density at radius 3 is 2.61 bits per heavy atom. The Morgan fingerprint density at radius 1 is 1.08 bits per heavy atom. The Labute approximate surface area is 220 Å². The number of hydrogen-bond acceptors (Lipinski definition) is 9. The Bertz CT molecular complexity index is 1310. The number of aldehydes is 1. The molecule has 2 atom stereocenters. The molecule has 2 unspecified atom stereocenters. The number of anilines is 3. The summed E-state index contributed by atoms with van der Waals surface area (Å²) >= 11 is 0. The molecular weight excluding hydrogens is 486 g/mol. The average molecular weight is 516 g/mol. The van der Waals surface area contributed by atoms with Gasteiger partial charge in [-0.25, -0.2) is 4.98 Å². The predicted molar refractivity (Wildman–Crippen MR) is 143 cm³/mol. The minimum Gasteiger partial charge on any atom is -0.457 e. The van der Waals surface area contributed by atoms with Crippen molar-refractivity contribution in [2.45, 2.75) is 37.8 Å². The number of carbonyl (C=O) groups is 3. The number of nitrogens with zero attached hydrogens (tertiary/aromatic N) is 3. The van der Waals surface area contributed by atoms with Gasteiger partial charge in [0.1, 0.15) is 23.0 Å². The Kier molecular flexibility index (Phi) is 8.60. The number of hydrogen-bond donors (Lipinski definition) is 4. The van der Waals surface area contributed by atoms with Gasteiger partial charge < -0.3 is 26.0 Å². The number of amides is 2. The third-order valence-corrected chi connectivity index (χ3v) is 6.03. The standard InChI is InChI=1S/C27H29N7O4/c1-3-24(36)31-19-5-4-6-20(13-19)32-25-17(16-35)15-30-27(34-25)33-18-7-9-21(10-8-18)38-22-11-12-29-23(14-22)26(37)28-2/h3,7-12,14-16,19-20H,1,4-6,13H2,2H3,(H,28,37)(H,31,36)(H2,30,32,33,34). The summed E-state index contributed by atoms with van der Waals surface area (Å²) in [5.74, 6) is 1.32. The second-order valence-electron chi connectivity index (χ2n) is 8.74. The molecule has 1 saturated carbocycles. The number of ether oxygens (including phenoxy) is 1. The fraction of sp³-hybridized carbons (Fsp3) is 0.259. The van der Waals surface area contributed by atoms with E-state index < -0.39 is 0 Å². The quantitative estimate of drug-likeness (QED) is 0.235. The van der Waals surface area contributed by atoms with Gasteiger partial charge in [0, 0.05) is 43.3 Å². The molecule has 2 heterocycles. The van der Waals surface area contributed by atoms with Crippen molar-refractivity contribution < 1.29 is 19.1 Å². The van der Waals surface area contributed by atoms with Gasteiger partial charge in [-0.1, -0.05) is 6.58 Å². The molecule has 4 N–H and O–H groups in total. The van der Waals surface area contributed by atoms with Gasteiger partial charge in [0.15, 0.2) is 6.29 Å². The number of aromatic nitrogens is 3. The van der Waals surface area contributed by atoms with Crippen LogP contribution in [0.5, 0.6) is 11.5 Å². The Hall–Kier alpha value is -4.80. The largest absolute Gasteiger partial charge is 0.457 e. The first-order chi connectivity index (χ1) is 18.5. The van der Waals surface area contributed by atoms with Crippen LogP contribution in [0.25, 0.3) is 0 Å². The summed E-state index contributed by atoms with van der Waals surface area (Å²) in [5, 5.41) is 12.0. The van der Waals surface area contributed by atoms with Crippen molar-refractivity contribution in [3.8, 4) is 11.5 Å². The third kappa shape index (κ3) is 6.90. The molecule has 2 aromatic heterocycles. The molecule has 3 aromatic rings. The molecule has 2 amide bonds. The van der Waals surface area contributed by atoms with Crippen LogP contribution in [0.3, 0.4) is 0 Å². The van der Waals surface area contributed by atoms with Crippen molar-refractivity contribution >= 4 is 35.6 Å². The summed E-state index contributed by atoms with van der Waals surface area (Å²) in [6, 6.07) is 10.4. The first-order valence-electron chi connectivity index (χ1n) is 12.2. The van der Waals surface area contributed by atoms with Crippen LogP contribution in [-0.4, -0.2) is 52.2 Å². The van der Waals surface area contributed by atoms with Crippen molar-refractivity contribution in [3.05, 3.63) is 72.7 Å². The summed E-state index contributed by atoms with van der Waals surface area (Å²) in [4.78, 5) is 47.9. The van der Waals surface area contributed by atoms with Crippen LogP contribution in [0.15, 0.2) is 61.4 Å². The zero-order valence-electron chi connectivity index (χ0n) is 20.9. The van der Waals surface area contributed by atoms with Gasteiger partial charge in [0.2, 0.25) is 11.9 Å². The smallest absolute Gasteiger partial charge is 0.269 e. The lowest BCUT2D eigenvalue weighted by molar-refractivity contribution is -0.117. The van der Waals surface area contributed by atoms with Crippen molar-refractivity contribution in [3.63, 3.8) is 0 Å². The van der Waals surface area contributed by atoms with Crippen molar-refractivity contribution in [2.75, 3.05) is 17.7 Å². The second kappa shape index (κ2) is 12.4. The minimum absolute atomic E-state index is 0.0362. The van der Waals surface area contributed by atoms with Gasteiger partial charge in [-0.3, -0.25) is 19.4 Å². The van der Waals surface area contributed by atoms with Crippen LogP contribution in [0.4, 0.5) is 17.5 Å². The molecule has 1 aromatic carbocycles. The number of nitrogens with one attached hydrogen (secondary N) is 4. The molecule has 4 rings (SSSR count). The van der Waals surface area contributed by atoms with E-state index in [4.69, 9.17) is 4.74 Å². The SMILES string of the molecule is C=CC(=O)NC1CCCC(Nc2nc(Nc3ccc(Oc4ccnc(C(=O)NC)c4)cc3)ncc2C=O)C1. The van der Waals surface area contributed by atoms with E-state index in [1.54, 1.807) is 36.4 Å². The van der Waals surface area contributed by atoms with Crippen LogP contribution in [0, 0.1) is 0 Å². The van der Waals surface area contributed by atoms with E-state index in [1.807, 2.05) is 0 Å². The lowest BCUT2D eigenvalue weighted by Gasteiger charge is -2.30. The predicted octanol–water partition coefficient (Wildman–Crippen LogP) is 3.60. The molecule has 1 aliphatic carbocycles. The normalized spacial score (nSPS) is 16.6. The van der Waals surface area contributed by atoms with E-state index >= 15 is 0 Å². The maximum Gasteiger partial charge on any atom is 0.269 e. The molecule has 0 aliphatic heterocycles. The third-order valence-electron chi connectivity index (χ3n) is 6.03. The van der Waals surface area contributed by atoms with Crippen LogP contribution < -0.4 is 26.0 Å². The molecule has 0 spiro atoms. The fourth-order valence-electron chi connectivity index (χ4n) is 4.16. The molecule has 0 radical (unpaired) electrons. The molecule has 38 heavy (non-hydrogen) atoms. The highest BCUT2D eigenvalue weighted by atomic mass is 16.5. The average Bonchev–Trinajstić information content (AvgIpc) is 2.94. The summed E-state index contributed by atoms with van der Waals surface area (Å²) in [7, 11) is 1.54. The highest BCUT2D eigenvalue weighted by Crippen LogP contribution is 2.26. The second-order valence-corrected chi connectivity index (χ2v) is 8.74.